The van der Waals surface area contributed by atoms with Crippen LogP contribution in [0, 0.1) is 13.8 Å². The molecule has 4 nitrogen and oxygen atoms in total. The molecule has 2 aromatic carbocycles. The first-order valence-electron chi connectivity index (χ1n) is 9.27. The maximum atomic E-state index is 13.0. The minimum atomic E-state index is -0.129. The molecule has 0 aliphatic heterocycles. The lowest BCUT2D eigenvalue weighted by molar-refractivity contribution is 0.0952. The summed E-state index contributed by atoms with van der Waals surface area (Å²) in [7, 11) is 0. The molecule has 2 aromatic heterocycles. The fourth-order valence-electron chi connectivity index (χ4n) is 3.37. The number of rotatable bonds is 4. The number of carbonyl (C=O) groups excluding carboxylic acids is 1. The zero-order valence-corrected chi connectivity index (χ0v) is 15.9. The third-order valence-electron chi connectivity index (χ3n) is 4.77. The number of amides is 1. The van der Waals surface area contributed by atoms with Gasteiger partial charge in [0.2, 0.25) is 0 Å². The van der Waals surface area contributed by atoms with Crippen molar-refractivity contribution in [1.29, 1.82) is 0 Å². The van der Waals surface area contributed by atoms with E-state index < -0.39 is 0 Å². The highest BCUT2D eigenvalue weighted by molar-refractivity contribution is 6.07. The second-order valence-corrected chi connectivity index (χ2v) is 6.89. The Kier molecular flexibility index (Phi) is 4.85. The Balaban J connectivity index is 1.75. The molecule has 0 aliphatic carbocycles. The lowest BCUT2D eigenvalue weighted by Crippen LogP contribution is -2.23. The lowest BCUT2D eigenvalue weighted by Gasteiger charge is -2.12. The highest BCUT2D eigenvalue weighted by atomic mass is 16.1. The molecule has 0 atom stereocenters. The Morgan fingerprint density at radius 2 is 1.79 bits per heavy atom. The van der Waals surface area contributed by atoms with Crippen LogP contribution in [0.25, 0.3) is 22.2 Å². The van der Waals surface area contributed by atoms with Crippen LogP contribution in [0.5, 0.6) is 0 Å². The molecule has 0 spiro atoms. The minimum absolute atomic E-state index is 0.129. The number of carbonyl (C=O) groups is 1. The van der Waals surface area contributed by atoms with Gasteiger partial charge in [0.15, 0.2) is 0 Å². The topological polar surface area (TPSA) is 54.9 Å². The number of hydrogen-bond acceptors (Lipinski definition) is 3. The van der Waals surface area contributed by atoms with Gasteiger partial charge >= 0.3 is 0 Å². The van der Waals surface area contributed by atoms with Gasteiger partial charge in [0.05, 0.1) is 29.0 Å². The van der Waals surface area contributed by atoms with E-state index in [1.807, 2.05) is 48.5 Å². The smallest absolute Gasteiger partial charge is 0.252 e. The molecule has 0 saturated heterocycles. The molecule has 2 heterocycles. The van der Waals surface area contributed by atoms with E-state index in [2.05, 4.69) is 42.3 Å². The summed E-state index contributed by atoms with van der Waals surface area (Å²) in [6.45, 7) is 4.52. The van der Waals surface area contributed by atoms with Gasteiger partial charge in [-0.05, 0) is 43.7 Å². The highest BCUT2D eigenvalue weighted by Crippen LogP contribution is 2.27. The summed E-state index contributed by atoms with van der Waals surface area (Å²) in [6.07, 6.45) is 1.72. The van der Waals surface area contributed by atoms with Crippen LogP contribution in [0.2, 0.25) is 0 Å². The van der Waals surface area contributed by atoms with Crippen molar-refractivity contribution in [1.82, 2.24) is 15.3 Å². The van der Waals surface area contributed by atoms with Gasteiger partial charge in [0.1, 0.15) is 0 Å². The molecule has 28 heavy (non-hydrogen) atoms. The van der Waals surface area contributed by atoms with Crippen LogP contribution in [0.1, 0.15) is 27.2 Å². The van der Waals surface area contributed by atoms with Crippen molar-refractivity contribution in [2.24, 2.45) is 0 Å². The van der Waals surface area contributed by atoms with Gasteiger partial charge in [-0.3, -0.25) is 9.78 Å². The summed E-state index contributed by atoms with van der Waals surface area (Å²) < 4.78 is 0. The Morgan fingerprint density at radius 1 is 0.964 bits per heavy atom. The number of aromatic nitrogens is 2. The van der Waals surface area contributed by atoms with E-state index in [-0.39, 0.29) is 5.91 Å². The fourth-order valence-corrected chi connectivity index (χ4v) is 3.37. The van der Waals surface area contributed by atoms with E-state index in [1.165, 1.54) is 5.56 Å². The second kappa shape index (κ2) is 7.61. The zero-order valence-electron chi connectivity index (χ0n) is 15.9. The van der Waals surface area contributed by atoms with Crippen LogP contribution in [0.15, 0.2) is 72.9 Å². The van der Waals surface area contributed by atoms with Crippen molar-refractivity contribution in [3.8, 4) is 11.3 Å². The van der Waals surface area contributed by atoms with Crippen LogP contribution in [-0.4, -0.2) is 15.9 Å². The third kappa shape index (κ3) is 3.62. The largest absolute Gasteiger partial charge is 0.346 e. The van der Waals surface area contributed by atoms with Gasteiger partial charge in [-0.25, -0.2) is 4.98 Å². The van der Waals surface area contributed by atoms with Gasteiger partial charge in [-0.2, -0.15) is 0 Å². The monoisotopic (exact) mass is 367 g/mol. The van der Waals surface area contributed by atoms with Crippen molar-refractivity contribution in [3.05, 3.63) is 95.3 Å². The summed E-state index contributed by atoms with van der Waals surface area (Å²) in [6, 6.07) is 21.6. The summed E-state index contributed by atoms with van der Waals surface area (Å²) in [5, 5.41) is 3.82. The van der Waals surface area contributed by atoms with Gasteiger partial charge < -0.3 is 5.32 Å². The van der Waals surface area contributed by atoms with Crippen LogP contribution >= 0.6 is 0 Å². The number of nitrogens with one attached hydrogen (secondary N) is 1. The number of aryl methyl sites for hydroxylation is 2. The first-order chi connectivity index (χ1) is 13.6. The Morgan fingerprint density at radius 3 is 2.57 bits per heavy atom. The fraction of sp³-hybridized carbons (Fsp3) is 0.125. The van der Waals surface area contributed by atoms with Crippen molar-refractivity contribution >= 4 is 16.8 Å². The van der Waals surface area contributed by atoms with Gasteiger partial charge in [0, 0.05) is 17.1 Å². The molecule has 138 valence electrons. The molecule has 4 aromatic rings. The van der Waals surface area contributed by atoms with E-state index >= 15 is 0 Å². The number of hydrogen-bond donors (Lipinski definition) is 1. The molecule has 0 fully saturated rings. The normalized spacial score (nSPS) is 10.8. The summed E-state index contributed by atoms with van der Waals surface area (Å²) in [5.41, 5.74) is 6.44. The maximum absolute atomic E-state index is 13.0. The van der Waals surface area contributed by atoms with Crippen LogP contribution in [0.4, 0.5) is 0 Å². The Bertz CT molecular complexity index is 1150. The average molecular weight is 367 g/mol. The summed E-state index contributed by atoms with van der Waals surface area (Å²) >= 11 is 0. The summed E-state index contributed by atoms with van der Waals surface area (Å²) in [5.74, 6) is -0.129. The summed E-state index contributed by atoms with van der Waals surface area (Å²) in [4.78, 5) is 22.1. The quantitative estimate of drug-likeness (QED) is 0.561. The van der Waals surface area contributed by atoms with Crippen LogP contribution in [0.3, 0.4) is 0 Å². The van der Waals surface area contributed by atoms with E-state index in [0.29, 0.717) is 12.1 Å². The van der Waals surface area contributed by atoms with Crippen molar-refractivity contribution in [2.75, 3.05) is 0 Å². The molecular weight excluding hydrogens is 346 g/mol. The number of para-hydroxylation sites is 1. The molecule has 0 radical (unpaired) electrons. The Labute approximate surface area is 164 Å². The number of nitrogens with zero attached hydrogens (tertiary/aromatic N) is 2. The van der Waals surface area contributed by atoms with E-state index in [9.17, 15) is 4.79 Å². The SMILES string of the molecule is Cc1ccc(-c2cc(C(=O)NCc3ccccn3)c3ccccc3n2)c(C)c1. The minimum Gasteiger partial charge on any atom is -0.346 e. The van der Waals surface area contributed by atoms with E-state index in [4.69, 9.17) is 4.98 Å². The molecule has 0 saturated carbocycles. The van der Waals surface area contributed by atoms with Gasteiger partial charge in [0.25, 0.3) is 5.91 Å². The van der Waals surface area contributed by atoms with Crippen molar-refractivity contribution in [3.63, 3.8) is 0 Å². The molecule has 0 unspecified atom stereocenters. The number of pyridine rings is 2. The molecule has 1 N–H and O–H groups in total. The molecule has 0 bridgehead atoms. The van der Waals surface area contributed by atoms with Crippen LogP contribution < -0.4 is 5.32 Å². The zero-order chi connectivity index (χ0) is 19.5. The van der Waals surface area contributed by atoms with Crippen LogP contribution in [-0.2, 0) is 6.54 Å². The molecule has 4 rings (SSSR count). The van der Waals surface area contributed by atoms with Crippen molar-refractivity contribution < 1.29 is 4.79 Å². The lowest BCUT2D eigenvalue weighted by atomic mass is 9.99. The standard InChI is InChI=1S/C24H21N3O/c1-16-10-11-19(17(2)13-16)23-14-21(20-8-3-4-9-22(20)27-23)24(28)26-15-18-7-5-6-12-25-18/h3-14H,15H2,1-2H3,(H,26,28). The number of fused-ring (bicyclic) bond motifs is 1. The van der Waals surface area contributed by atoms with E-state index in [1.54, 1.807) is 6.20 Å². The highest BCUT2D eigenvalue weighted by Gasteiger charge is 2.15. The molecule has 4 heteroatoms. The average Bonchev–Trinajstić information content (AvgIpc) is 2.72. The predicted molar refractivity (Wildman–Crippen MR) is 112 cm³/mol. The first kappa shape index (κ1) is 17.9. The van der Waals surface area contributed by atoms with Gasteiger partial charge in [-0.1, -0.05) is 48.0 Å². The number of benzene rings is 2. The van der Waals surface area contributed by atoms with Gasteiger partial charge in [-0.15, -0.1) is 0 Å². The Hall–Kier alpha value is -3.53. The first-order valence-corrected chi connectivity index (χ1v) is 9.27. The maximum Gasteiger partial charge on any atom is 0.252 e. The molecule has 0 aliphatic rings. The third-order valence-corrected chi connectivity index (χ3v) is 4.77. The second-order valence-electron chi connectivity index (χ2n) is 6.89. The predicted octanol–water partition coefficient (Wildman–Crippen LogP) is 4.84. The molecule has 1 amide bonds. The van der Waals surface area contributed by atoms with E-state index in [0.717, 1.165) is 33.4 Å². The molecular formula is C24H21N3O. The van der Waals surface area contributed by atoms with Crippen molar-refractivity contribution in [2.45, 2.75) is 20.4 Å².